The zero-order valence-electron chi connectivity index (χ0n) is 13.1. The van der Waals surface area contributed by atoms with Crippen molar-refractivity contribution in [1.29, 1.82) is 0 Å². The van der Waals surface area contributed by atoms with Crippen LogP contribution in [-0.4, -0.2) is 30.8 Å². The van der Waals surface area contributed by atoms with E-state index in [0.717, 1.165) is 5.56 Å². The van der Waals surface area contributed by atoms with Crippen molar-refractivity contribution in [3.05, 3.63) is 34.9 Å². The first-order valence-corrected chi connectivity index (χ1v) is 7.47. The summed E-state index contributed by atoms with van der Waals surface area (Å²) in [6.07, 6.45) is 1.52. The van der Waals surface area contributed by atoms with E-state index in [2.05, 4.69) is 5.32 Å². The quantitative estimate of drug-likeness (QED) is 0.846. The van der Waals surface area contributed by atoms with Gasteiger partial charge >= 0.3 is 5.97 Å². The van der Waals surface area contributed by atoms with Crippen LogP contribution in [-0.2, 0) is 16.0 Å². The fourth-order valence-corrected chi connectivity index (χ4v) is 2.77. The summed E-state index contributed by atoms with van der Waals surface area (Å²) in [4.78, 5) is 36.1. The summed E-state index contributed by atoms with van der Waals surface area (Å²) in [7, 11) is 1.31. The predicted octanol–water partition coefficient (Wildman–Crippen LogP) is 2.13. The summed E-state index contributed by atoms with van der Waals surface area (Å²) in [5, 5.41) is 2.74. The Kier molecular flexibility index (Phi) is 4.96. The average molecular weight is 303 g/mol. The van der Waals surface area contributed by atoms with Crippen LogP contribution >= 0.6 is 0 Å². The molecule has 0 spiro atoms. The van der Waals surface area contributed by atoms with Crippen molar-refractivity contribution in [2.75, 3.05) is 7.11 Å². The van der Waals surface area contributed by atoms with Crippen molar-refractivity contribution in [1.82, 2.24) is 5.32 Å². The molecule has 1 aromatic rings. The first-order valence-electron chi connectivity index (χ1n) is 7.47. The van der Waals surface area contributed by atoms with Gasteiger partial charge in [0, 0.05) is 17.5 Å². The predicted molar refractivity (Wildman–Crippen MR) is 81.8 cm³/mol. The second kappa shape index (κ2) is 6.73. The van der Waals surface area contributed by atoms with E-state index < -0.39 is 12.0 Å². The van der Waals surface area contributed by atoms with E-state index in [1.54, 1.807) is 18.2 Å². The van der Waals surface area contributed by atoms with Gasteiger partial charge in [0.2, 0.25) is 0 Å². The molecule has 5 heteroatoms. The zero-order valence-corrected chi connectivity index (χ0v) is 13.1. The molecule has 1 amide bonds. The highest BCUT2D eigenvalue weighted by Crippen LogP contribution is 2.25. The third-order valence-corrected chi connectivity index (χ3v) is 3.82. The second-order valence-corrected chi connectivity index (χ2v) is 5.93. The van der Waals surface area contributed by atoms with Gasteiger partial charge in [-0.2, -0.15) is 0 Å². The topological polar surface area (TPSA) is 72.5 Å². The first-order chi connectivity index (χ1) is 10.4. The lowest BCUT2D eigenvalue weighted by molar-refractivity contribution is -0.143. The lowest BCUT2D eigenvalue weighted by Crippen LogP contribution is -2.42. The number of fused-ring (bicyclic) bond motifs is 1. The molecule has 1 aliphatic rings. The van der Waals surface area contributed by atoms with Gasteiger partial charge in [0.05, 0.1) is 7.11 Å². The molecule has 0 fully saturated rings. The average Bonchev–Trinajstić information content (AvgIpc) is 2.86. The lowest BCUT2D eigenvalue weighted by Gasteiger charge is -2.19. The number of hydrogen-bond donors (Lipinski definition) is 1. The normalized spacial score (nSPS) is 14.6. The summed E-state index contributed by atoms with van der Waals surface area (Å²) in [5.74, 6) is -0.475. The van der Waals surface area contributed by atoms with Gasteiger partial charge in [-0.05, 0) is 30.4 Å². The van der Waals surface area contributed by atoms with E-state index in [9.17, 15) is 14.4 Å². The van der Waals surface area contributed by atoms with Crippen LogP contribution in [0.15, 0.2) is 18.2 Å². The molecule has 22 heavy (non-hydrogen) atoms. The van der Waals surface area contributed by atoms with E-state index in [1.165, 1.54) is 7.11 Å². The number of carbonyl (C=O) groups is 3. The van der Waals surface area contributed by atoms with Gasteiger partial charge in [-0.15, -0.1) is 0 Å². The molecule has 0 bridgehead atoms. The fourth-order valence-electron chi connectivity index (χ4n) is 2.77. The monoisotopic (exact) mass is 303 g/mol. The molecule has 5 nitrogen and oxygen atoms in total. The van der Waals surface area contributed by atoms with Crippen molar-refractivity contribution >= 4 is 17.7 Å². The lowest BCUT2D eigenvalue weighted by atomic mass is 10.0. The van der Waals surface area contributed by atoms with Gasteiger partial charge in [-0.1, -0.05) is 26.0 Å². The number of rotatable bonds is 5. The highest BCUT2D eigenvalue weighted by atomic mass is 16.5. The number of amides is 1. The van der Waals surface area contributed by atoms with Crippen molar-refractivity contribution in [3.8, 4) is 0 Å². The van der Waals surface area contributed by atoms with E-state index in [1.807, 2.05) is 13.8 Å². The Labute approximate surface area is 130 Å². The largest absolute Gasteiger partial charge is 0.467 e. The van der Waals surface area contributed by atoms with E-state index in [4.69, 9.17) is 4.74 Å². The standard InChI is InChI=1S/C17H21NO4/c1-10(2)9-14(17(21)22-3)18-16(20)13-6-4-5-12-11(13)7-8-15(12)19/h4-6,10,14H,7-9H2,1-3H3,(H,18,20)/t14-/m1/s1. The van der Waals surface area contributed by atoms with Crippen LogP contribution < -0.4 is 5.32 Å². The Bertz CT molecular complexity index is 607. The summed E-state index contributed by atoms with van der Waals surface area (Å²) in [6, 6.07) is 4.46. The number of benzene rings is 1. The van der Waals surface area contributed by atoms with E-state index >= 15 is 0 Å². The number of esters is 1. The third-order valence-electron chi connectivity index (χ3n) is 3.82. The van der Waals surface area contributed by atoms with Gasteiger partial charge in [0.15, 0.2) is 5.78 Å². The Morgan fingerprint density at radius 1 is 1.27 bits per heavy atom. The first kappa shape index (κ1) is 16.2. The molecular weight excluding hydrogens is 282 g/mol. The van der Waals surface area contributed by atoms with Crippen molar-refractivity contribution < 1.29 is 19.1 Å². The van der Waals surface area contributed by atoms with Crippen LogP contribution in [0.4, 0.5) is 0 Å². The highest BCUT2D eigenvalue weighted by Gasteiger charge is 2.27. The van der Waals surface area contributed by atoms with Gasteiger partial charge in [0.25, 0.3) is 5.91 Å². The van der Waals surface area contributed by atoms with Crippen LogP contribution in [0, 0.1) is 5.92 Å². The Morgan fingerprint density at radius 2 is 2.00 bits per heavy atom. The molecule has 2 rings (SSSR count). The zero-order chi connectivity index (χ0) is 16.3. The van der Waals surface area contributed by atoms with Crippen molar-refractivity contribution in [3.63, 3.8) is 0 Å². The molecule has 1 aromatic carbocycles. The van der Waals surface area contributed by atoms with Crippen LogP contribution in [0.3, 0.4) is 0 Å². The van der Waals surface area contributed by atoms with E-state index in [0.29, 0.717) is 30.4 Å². The SMILES string of the molecule is COC(=O)[C@@H](CC(C)C)NC(=O)c1cccc2c1CCC2=O. The van der Waals surface area contributed by atoms with Crippen LogP contribution in [0.5, 0.6) is 0 Å². The molecule has 0 radical (unpaired) electrons. The minimum absolute atomic E-state index is 0.0661. The Balaban J connectivity index is 2.21. The van der Waals surface area contributed by atoms with E-state index in [-0.39, 0.29) is 17.6 Å². The molecule has 1 atom stereocenters. The Hall–Kier alpha value is -2.17. The fraction of sp³-hybridized carbons (Fsp3) is 0.471. The van der Waals surface area contributed by atoms with Gasteiger partial charge < -0.3 is 10.1 Å². The summed E-state index contributed by atoms with van der Waals surface area (Å²) in [5.41, 5.74) is 1.87. The number of ether oxygens (including phenoxy) is 1. The molecular formula is C17H21NO4. The van der Waals surface area contributed by atoms with Crippen LogP contribution in [0.2, 0.25) is 0 Å². The molecule has 0 aromatic heterocycles. The third kappa shape index (κ3) is 3.35. The number of hydrogen-bond acceptors (Lipinski definition) is 4. The summed E-state index contributed by atoms with van der Waals surface area (Å²) in [6.45, 7) is 3.95. The minimum atomic E-state index is -0.675. The number of methoxy groups -OCH3 is 1. The molecule has 0 saturated heterocycles. The Morgan fingerprint density at radius 3 is 2.64 bits per heavy atom. The molecule has 0 aliphatic heterocycles. The van der Waals surface area contributed by atoms with Gasteiger partial charge in [0.1, 0.15) is 6.04 Å². The minimum Gasteiger partial charge on any atom is -0.467 e. The van der Waals surface area contributed by atoms with Crippen molar-refractivity contribution in [2.45, 2.75) is 39.2 Å². The number of nitrogens with one attached hydrogen (secondary N) is 1. The van der Waals surface area contributed by atoms with Crippen LogP contribution in [0.25, 0.3) is 0 Å². The number of carbonyl (C=O) groups excluding carboxylic acids is 3. The second-order valence-electron chi connectivity index (χ2n) is 5.93. The number of ketones is 1. The smallest absolute Gasteiger partial charge is 0.328 e. The molecule has 0 unspecified atom stereocenters. The molecule has 1 N–H and O–H groups in total. The molecule has 118 valence electrons. The maximum atomic E-state index is 12.5. The maximum absolute atomic E-state index is 12.5. The molecule has 0 saturated carbocycles. The van der Waals surface area contributed by atoms with Gasteiger partial charge in [-0.25, -0.2) is 4.79 Å². The summed E-state index contributed by atoms with van der Waals surface area (Å²) < 4.78 is 4.75. The number of Topliss-reactive ketones (excluding diaryl/α,β-unsaturated/α-hetero) is 1. The maximum Gasteiger partial charge on any atom is 0.328 e. The highest BCUT2D eigenvalue weighted by molar-refractivity contribution is 6.06. The molecule has 1 aliphatic carbocycles. The van der Waals surface area contributed by atoms with Gasteiger partial charge in [-0.3, -0.25) is 9.59 Å². The summed E-state index contributed by atoms with van der Waals surface area (Å²) >= 11 is 0. The molecule has 0 heterocycles. The van der Waals surface area contributed by atoms with Crippen LogP contribution in [0.1, 0.15) is 53.0 Å². The van der Waals surface area contributed by atoms with Crippen molar-refractivity contribution in [2.24, 2.45) is 5.92 Å².